The SMILES string of the molecule is CCCn1ncnc1CNCC1CC2CCC1C2. The van der Waals surface area contributed by atoms with Crippen LogP contribution in [0.5, 0.6) is 0 Å². The van der Waals surface area contributed by atoms with Crippen LogP contribution in [0.15, 0.2) is 6.33 Å². The zero-order valence-corrected chi connectivity index (χ0v) is 11.3. The van der Waals surface area contributed by atoms with Crippen molar-refractivity contribution in [3.8, 4) is 0 Å². The lowest BCUT2D eigenvalue weighted by molar-refractivity contribution is 0.316. The van der Waals surface area contributed by atoms with Crippen LogP contribution < -0.4 is 5.32 Å². The zero-order chi connectivity index (χ0) is 12.4. The Kier molecular flexibility index (Phi) is 3.64. The summed E-state index contributed by atoms with van der Waals surface area (Å²) in [5, 5.41) is 7.85. The van der Waals surface area contributed by atoms with Crippen molar-refractivity contribution in [2.75, 3.05) is 6.54 Å². The van der Waals surface area contributed by atoms with E-state index in [9.17, 15) is 0 Å². The molecule has 3 unspecified atom stereocenters. The number of aryl methyl sites for hydroxylation is 1. The first-order valence-electron chi connectivity index (χ1n) is 7.44. The maximum atomic E-state index is 4.34. The first kappa shape index (κ1) is 12.2. The van der Waals surface area contributed by atoms with E-state index >= 15 is 0 Å². The molecule has 2 saturated carbocycles. The highest BCUT2D eigenvalue weighted by atomic mass is 15.3. The summed E-state index contributed by atoms with van der Waals surface area (Å²) in [6.45, 7) is 5.19. The molecule has 2 fully saturated rings. The van der Waals surface area contributed by atoms with Crippen molar-refractivity contribution in [2.24, 2.45) is 17.8 Å². The van der Waals surface area contributed by atoms with E-state index in [4.69, 9.17) is 0 Å². The Morgan fingerprint density at radius 1 is 1.39 bits per heavy atom. The smallest absolute Gasteiger partial charge is 0.140 e. The normalized spacial score (nSPS) is 30.2. The highest BCUT2D eigenvalue weighted by Crippen LogP contribution is 2.47. The molecule has 0 amide bonds. The summed E-state index contributed by atoms with van der Waals surface area (Å²) in [6, 6.07) is 0. The Labute approximate surface area is 109 Å². The van der Waals surface area contributed by atoms with Gasteiger partial charge in [-0.25, -0.2) is 9.67 Å². The van der Waals surface area contributed by atoms with E-state index in [2.05, 4.69) is 22.3 Å². The lowest BCUT2D eigenvalue weighted by Gasteiger charge is -2.21. The van der Waals surface area contributed by atoms with Crippen LogP contribution in [0.3, 0.4) is 0 Å². The fraction of sp³-hybridized carbons (Fsp3) is 0.857. The molecule has 1 aromatic heterocycles. The molecule has 0 aromatic carbocycles. The van der Waals surface area contributed by atoms with Crippen LogP contribution in [-0.4, -0.2) is 21.3 Å². The second-order valence-corrected chi connectivity index (χ2v) is 5.97. The molecule has 18 heavy (non-hydrogen) atoms. The highest BCUT2D eigenvalue weighted by molar-refractivity contribution is 4.91. The second kappa shape index (κ2) is 5.39. The Morgan fingerprint density at radius 2 is 2.33 bits per heavy atom. The minimum Gasteiger partial charge on any atom is -0.310 e. The van der Waals surface area contributed by atoms with Crippen molar-refractivity contribution in [1.82, 2.24) is 20.1 Å². The minimum absolute atomic E-state index is 0.869. The molecule has 2 aliphatic rings. The maximum Gasteiger partial charge on any atom is 0.140 e. The third-order valence-electron chi connectivity index (χ3n) is 4.71. The lowest BCUT2D eigenvalue weighted by Crippen LogP contribution is -2.27. The van der Waals surface area contributed by atoms with Crippen LogP contribution in [0.4, 0.5) is 0 Å². The molecule has 3 atom stereocenters. The molecule has 2 bridgehead atoms. The molecule has 0 aliphatic heterocycles. The van der Waals surface area contributed by atoms with Crippen molar-refractivity contribution in [3.05, 3.63) is 12.2 Å². The molecule has 2 aliphatic carbocycles. The van der Waals surface area contributed by atoms with E-state index in [1.165, 1.54) is 32.2 Å². The van der Waals surface area contributed by atoms with Crippen molar-refractivity contribution in [1.29, 1.82) is 0 Å². The van der Waals surface area contributed by atoms with Crippen molar-refractivity contribution >= 4 is 0 Å². The molecular formula is C14H24N4. The van der Waals surface area contributed by atoms with E-state index in [0.29, 0.717) is 0 Å². The summed E-state index contributed by atoms with van der Waals surface area (Å²) < 4.78 is 2.02. The molecule has 1 heterocycles. The van der Waals surface area contributed by atoms with Crippen molar-refractivity contribution < 1.29 is 0 Å². The Bertz CT molecular complexity index is 387. The van der Waals surface area contributed by atoms with Crippen LogP contribution in [0, 0.1) is 17.8 Å². The summed E-state index contributed by atoms with van der Waals surface area (Å²) in [5.74, 6) is 4.06. The molecule has 100 valence electrons. The number of nitrogens with zero attached hydrogens (tertiary/aromatic N) is 3. The molecule has 1 N–H and O–H groups in total. The van der Waals surface area contributed by atoms with E-state index in [-0.39, 0.29) is 0 Å². The second-order valence-electron chi connectivity index (χ2n) is 5.97. The van der Waals surface area contributed by atoms with E-state index in [1.54, 1.807) is 6.33 Å². The van der Waals surface area contributed by atoms with Gasteiger partial charge in [0.2, 0.25) is 0 Å². The van der Waals surface area contributed by atoms with Gasteiger partial charge < -0.3 is 5.32 Å². The number of rotatable bonds is 6. The fourth-order valence-corrected chi connectivity index (χ4v) is 3.82. The van der Waals surface area contributed by atoms with Gasteiger partial charge in [0, 0.05) is 6.54 Å². The molecule has 1 aromatic rings. The summed E-state index contributed by atoms with van der Waals surface area (Å²) in [5.41, 5.74) is 0. The summed E-state index contributed by atoms with van der Waals surface area (Å²) in [4.78, 5) is 4.34. The number of hydrogen-bond donors (Lipinski definition) is 1. The summed E-state index contributed by atoms with van der Waals surface area (Å²) in [6.07, 6.45) is 8.71. The van der Waals surface area contributed by atoms with Gasteiger partial charge in [-0.1, -0.05) is 13.3 Å². The van der Waals surface area contributed by atoms with E-state index < -0.39 is 0 Å². The van der Waals surface area contributed by atoms with Crippen molar-refractivity contribution in [3.63, 3.8) is 0 Å². The van der Waals surface area contributed by atoms with E-state index in [1.807, 2.05) is 4.68 Å². The lowest BCUT2D eigenvalue weighted by atomic mass is 9.89. The van der Waals surface area contributed by atoms with Gasteiger partial charge in [-0.05, 0) is 50.0 Å². The van der Waals surface area contributed by atoms with Gasteiger partial charge in [-0.15, -0.1) is 0 Å². The van der Waals surface area contributed by atoms with Gasteiger partial charge in [-0.3, -0.25) is 0 Å². The topological polar surface area (TPSA) is 42.7 Å². The first-order chi connectivity index (χ1) is 8.86. The first-order valence-corrected chi connectivity index (χ1v) is 7.44. The van der Waals surface area contributed by atoms with Crippen LogP contribution in [0.2, 0.25) is 0 Å². The van der Waals surface area contributed by atoms with Gasteiger partial charge >= 0.3 is 0 Å². The average molecular weight is 248 g/mol. The highest BCUT2D eigenvalue weighted by Gasteiger charge is 2.38. The minimum atomic E-state index is 0.869. The monoisotopic (exact) mass is 248 g/mol. The van der Waals surface area contributed by atoms with Gasteiger partial charge in [0.25, 0.3) is 0 Å². The predicted molar refractivity (Wildman–Crippen MR) is 71.0 cm³/mol. The predicted octanol–water partition coefficient (Wildman–Crippen LogP) is 2.21. The molecule has 0 spiro atoms. The number of aromatic nitrogens is 3. The molecule has 4 nitrogen and oxygen atoms in total. The number of nitrogens with one attached hydrogen (secondary N) is 1. The Balaban J connectivity index is 1.45. The van der Waals surface area contributed by atoms with Gasteiger partial charge in [0.05, 0.1) is 6.54 Å². The largest absolute Gasteiger partial charge is 0.310 e. The van der Waals surface area contributed by atoms with Crippen LogP contribution >= 0.6 is 0 Å². The van der Waals surface area contributed by atoms with Crippen molar-refractivity contribution in [2.45, 2.75) is 52.1 Å². The Morgan fingerprint density at radius 3 is 3.06 bits per heavy atom. The fourth-order valence-electron chi connectivity index (χ4n) is 3.82. The van der Waals surface area contributed by atoms with Gasteiger partial charge in [-0.2, -0.15) is 5.10 Å². The molecule has 4 heteroatoms. The number of hydrogen-bond acceptors (Lipinski definition) is 3. The molecule has 0 saturated heterocycles. The summed E-state index contributed by atoms with van der Waals surface area (Å²) >= 11 is 0. The third-order valence-corrected chi connectivity index (χ3v) is 4.71. The molecule has 3 rings (SSSR count). The maximum absolute atomic E-state index is 4.34. The zero-order valence-electron chi connectivity index (χ0n) is 11.3. The average Bonchev–Trinajstić information content (AvgIpc) is 3.06. The van der Waals surface area contributed by atoms with Gasteiger partial charge in [0.1, 0.15) is 12.2 Å². The van der Waals surface area contributed by atoms with Crippen LogP contribution in [-0.2, 0) is 13.1 Å². The number of fused-ring (bicyclic) bond motifs is 2. The summed E-state index contributed by atoms with van der Waals surface area (Å²) in [7, 11) is 0. The standard InChI is InChI=1S/C14H24N4/c1-2-5-18-14(16-10-17-18)9-15-8-13-7-11-3-4-12(13)6-11/h10-13,15H,2-9H2,1H3. The van der Waals surface area contributed by atoms with Crippen LogP contribution in [0.25, 0.3) is 0 Å². The molecular weight excluding hydrogens is 224 g/mol. The van der Waals surface area contributed by atoms with E-state index in [0.717, 1.165) is 43.1 Å². The van der Waals surface area contributed by atoms with Crippen LogP contribution in [0.1, 0.15) is 44.9 Å². The quantitative estimate of drug-likeness (QED) is 0.839. The molecule has 0 radical (unpaired) electrons. The third kappa shape index (κ3) is 2.44. The van der Waals surface area contributed by atoms with Gasteiger partial charge in [0.15, 0.2) is 0 Å². The Hall–Kier alpha value is -0.900.